The van der Waals surface area contributed by atoms with Crippen LogP contribution in [0.15, 0.2) is 6.33 Å². The molecule has 1 N–H and O–H groups in total. The Labute approximate surface area is 90.3 Å². The average Bonchev–Trinajstić information content (AvgIpc) is 2.76. The van der Waals surface area contributed by atoms with E-state index in [1.807, 2.05) is 4.68 Å². The SMILES string of the molecule is CCC1CCCCC1n1ncnc1CO. The summed E-state index contributed by atoms with van der Waals surface area (Å²) in [5.41, 5.74) is 0. The molecule has 0 bridgehead atoms. The molecule has 1 aliphatic rings. The van der Waals surface area contributed by atoms with Crippen LogP contribution in [0.4, 0.5) is 0 Å². The first-order chi connectivity index (χ1) is 7.36. The smallest absolute Gasteiger partial charge is 0.152 e. The van der Waals surface area contributed by atoms with Gasteiger partial charge < -0.3 is 5.11 Å². The Balaban J connectivity index is 2.20. The molecule has 1 aromatic heterocycles. The van der Waals surface area contributed by atoms with E-state index in [1.54, 1.807) is 6.33 Å². The van der Waals surface area contributed by atoms with Crippen molar-refractivity contribution in [2.24, 2.45) is 5.92 Å². The molecule has 1 aromatic rings. The minimum absolute atomic E-state index is 0.00701. The summed E-state index contributed by atoms with van der Waals surface area (Å²) in [6.45, 7) is 2.23. The van der Waals surface area contributed by atoms with Crippen LogP contribution in [0.2, 0.25) is 0 Å². The van der Waals surface area contributed by atoms with Gasteiger partial charge in [0.2, 0.25) is 0 Å². The highest BCUT2D eigenvalue weighted by atomic mass is 16.3. The molecule has 0 amide bonds. The fraction of sp³-hybridized carbons (Fsp3) is 0.818. The summed E-state index contributed by atoms with van der Waals surface area (Å²) in [5, 5.41) is 13.4. The molecule has 2 unspecified atom stereocenters. The van der Waals surface area contributed by atoms with E-state index >= 15 is 0 Å². The van der Waals surface area contributed by atoms with Crippen molar-refractivity contribution in [1.82, 2.24) is 14.8 Å². The molecule has 4 nitrogen and oxygen atoms in total. The van der Waals surface area contributed by atoms with Crippen LogP contribution in [0.5, 0.6) is 0 Å². The van der Waals surface area contributed by atoms with Crippen molar-refractivity contribution in [3.8, 4) is 0 Å². The molecule has 0 saturated heterocycles. The van der Waals surface area contributed by atoms with Crippen LogP contribution in [0, 0.1) is 5.92 Å². The van der Waals surface area contributed by atoms with Crippen LogP contribution in [0.25, 0.3) is 0 Å². The van der Waals surface area contributed by atoms with Crippen LogP contribution in [0.3, 0.4) is 0 Å². The predicted octanol–water partition coefficient (Wildman–Crippen LogP) is 1.91. The molecule has 1 heterocycles. The summed E-state index contributed by atoms with van der Waals surface area (Å²) < 4.78 is 1.94. The molecule has 2 rings (SSSR count). The van der Waals surface area contributed by atoms with Gasteiger partial charge in [-0.1, -0.05) is 26.2 Å². The third-order valence-electron chi connectivity index (χ3n) is 3.50. The Morgan fingerprint density at radius 3 is 3.00 bits per heavy atom. The van der Waals surface area contributed by atoms with E-state index in [-0.39, 0.29) is 6.61 Å². The van der Waals surface area contributed by atoms with Gasteiger partial charge >= 0.3 is 0 Å². The zero-order valence-electron chi connectivity index (χ0n) is 9.26. The molecule has 84 valence electrons. The molecule has 1 fully saturated rings. The highest BCUT2D eigenvalue weighted by Gasteiger charge is 2.27. The fourth-order valence-corrected chi connectivity index (χ4v) is 2.65. The number of aromatic nitrogens is 3. The highest BCUT2D eigenvalue weighted by Crippen LogP contribution is 2.35. The van der Waals surface area contributed by atoms with Crippen molar-refractivity contribution < 1.29 is 5.11 Å². The van der Waals surface area contributed by atoms with Crippen LogP contribution in [-0.2, 0) is 6.61 Å². The van der Waals surface area contributed by atoms with Gasteiger partial charge in [-0.2, -0.15) is 5.10 Å². The second kappa shape index (κ2) is 4.75. The monoisotopic (exact) mass is 209 g/mol. The van der Waals surface area contributed by atoms with Gasteiger partial charge in [-0.05, 0) is 18.8 Å². The van der Waals surface area contributed by atoms with Crippen LogP contribution >= 0.6 is 0 Å². The second-order valence-electron chi connectivity index (χ2n) is 4.30. The minimum Gasteiger partial charge on any atom is -0.388 e. The van der Waals surface area contributed by atoms with Gasteiger partial charge in [-0.15, -0.1) is 0 Å². The number of hydrogen-bond acceptors (Lipinski definition) is 3. The number of hydrogen-bond donors (Lipinski definition) is 1. The number of nitrogens with zero attached hydrogens (tertiary/aromatic N) is 3. The molecule has 0 radical (unpaired) electrons. The standard InChI is InChI=1S/C11H19N3O/c1-2-9-5-3-4-6-10(9)14-11(7-15)12-8-13-14/h8-10,15H,2-7H2,1H3. The largest absolute Gasteiger partial charge is 0.388 e. The number of aliphatic hydroxyl groups is 1. The maximum Gasteiger partial charge on any atom is 0.152 e. The minimum atomic E-state index is -0.00701. The molecule has 0 spiro atoms. The molecular formula is C11H19N3O. The number of aliphatic hydroxyl groups excluding tert-OH is 1. The lowest BCUT2D eigenvalue weighted by molar-refractivity contribution is 0.193. The van der Waals surface area contributed by atoms with E-state index in [9.17, 15) is 5.11 Å². The van der Waals surface area contributed by atoms with E-state index in [0.29, 0.717) is 17.8 Å². The summed E-state index contributed by atoms with van der Waals surface area (Å²) in [5.74, 6) is 1.41. The van der Waals surface area contributed by atoms with E-state index in [2.05, 4.69) is 17.0 Å². The van der Waals surface area contributed by atoms with E-state index < -0.39 is 0 Å². The van der Waals surface area contributed by atoms with Crippen LogP contribution in [-0.4, -0.2) is 19.9 Å². The first-order valence-corrected chi connectivity index (χ1v) is 5.86. The van der Waals surface area contributed by atoms with Gasteiger partial charge in [-0.3, -0.25) is 0 Å². The van der Waals surface area contributed by atoms with Crippen molar-refractivity contribution in [2.45, 2.75) is 51.7 Å². The van der Waals surface area contributed by atoms with Crippen molar-refractivity contribution in [3.05, 3.63) is 12.2 Å². The molecule has 4 heteroatoms. The lowest BCUT2D eigenvalue weighted by atomic mass is 9.83. The third-order valence-corrected chi connectivity index (χ3v) is 3.50. The van der Waals surface area contributed by atoms with Crippen molar-refractivity contribution in [3.63, 3.8) is 0 Å². The normalized spacial score (nSPS) is 26.8. The van der Waals surface area contributed by atoms with E-state index in [1.165, 1.54) is 32.1 Å². The zero-order valence-corrected chi connectivity index (χ0v) is 9.26. The quantitative estimate of drug-likeness (QED) is 0.827. The first-order valence-electron chi connectivity index (χ1n) is 5.86. The Kier molecular flexibility index (Phi) is 3.36. The molecular weight excluding hydrogens is 190 g/mol. The third kappa shape index (κ3) is 2.04. The zero-order chi connectivity index (χ0) is 10.7. The summed E-state index contributed by atoms with van der Waals surface area (Å²) in [4.78, 5) is 4.08. The summed E-state index contributed by atoms with van der Waals surface area (Å²) in [6.07, 6.45) is 7.80. The first kappa shape index (κ1) is 10.6. The van der Waals surface area contributed by atoms with Gasteiger partial charge in [-0.25, -0.2) is 9.67 Å². The summed E-state index contributed by atoms with van der Waals surface area (Å²) in [6, 6.07) is 0.452. The van der Waals surface area contributed by atoms with Crippen LogP contribution < -0.4 is 0 Å². The molecule has 1 aliphatic carbocycles. The Morgan fingerprint density at radius 2 is 2.27 bits per heavy atom. The van der Waals surface area contributed by atoms with E-state index in [0.717, 1.165) is 0 Å². The topological polar surface area (TPSA) is 50.9 Å². The van der Waals surface area contributed by atoms with Crippen molar-refractivity contribution in [2.75, 3.05) is 0 Å². The molecule has 1 saturated carbocycles. The lowest BCUT2D eigenvalue weighted by Crippen LogP contribution is -2.25. The second-order valence-corrected chi connectivity index (χ2v) is 4.30. The van der Waals surface area contributed by atoms with Crippen molar-refractivity contribution in [1.29, 1.82) is 0 Å². The van der Waals surface area contributed by atoms with Gasteiger partial charge in [0.1, 0.15) is 12.9 Å². The van der Waals surface area contributed by atoms with Gasteiger partial charge in [0.15, 0.2) is 5.82 Å². The molecule has 0 aromatic carbocycles. The van der Waals surface area contributed by atoms with Gasteiger partial charge in [0, 0.05) is 0 Å². The van der Waals surface area contributed by atoms with Crippen LogP contribution in [0.1, 0.15) is 50.9 Å². The number of rotatable bonds is 3. The Bertz CT molecular complexity index is 311. The molecule has 0 aliphatic heterocycles. The Morgan fingerprint density at radius 1 is 1.47 bits per heavy atom. The summed E-state index contributed by atoms with van der Waals surface area (Å²) >= 11 is 0. The molecule has 2 atom stereocenters. The van der Waals surface area contributed by atoms with Gasteiger partial charge in [0.05, 0.1) is 6.04 Å². The average molecular weight is 209 g/mol. The van der Waals surface area contributed by atoms with E-state index in [4.69, 9.17) is 0 Å². The molecule has 15 heavy (non-hydrogen) atoms. The van der Waals surface area contributed by atoms with Gasteiger partial charge in [0.25, 0.3) is 0 Å². The Hall–Kier alpha value is -0.900. The maximum absolute atomic E-state index is 9.17. The van der Waals surface area contributed by atoms with Crippen molar-refractivity contribution >= 4 is 0 Å². The summed E-state index contributed by atoms with van der Waals surface area (Å²) in [7, 11) is 0. The highest BCUT2D eigenvalue weighted by molar-refractivity contribution is 4.89. The maximum atomic E-state index is 9.17. The lowest BCUT2D eigenvalue weighted by Gasteiger charge is -2.31. The predicted molar refractivity (Wildman–Crippen MR) is 57.2 cm³/mol. The fourth-order valence-electron chi connectivity index (χ4n) is 2.65.